The molecule has 0 spiro atoms. The maximum Gasteiger partial charge on any atom is 0.175 e. The summed E-state index contributed by atoms with van der Waals surface area (Å²) in [5.74, 6) is -0.166. The molecule has 0 aliphatic rings. The molecular weight excluding hydrogens is 218 g/mol. The first-order chi connectivity index (χ1) is 6.86. The van der Waals surface area contributed by atoms with Crippen LogP contribution >= 0.6 is 0 Å². The van der Waals surface area contributed by atoms with E-state index in [1.54, 1.807) is 0 Å². The second kappa shape index (κ2) is 4.18. The predicted molar refractivity (Wildman–Crippen MR) is 55.2 cm³/mol. The lowest BCUT2D eigenvalue weighted by Crippen LogP contribution is -2.12. The second-order valence-corrected chi connectivity index (χ2v) is 5.26. The highest BCUT2D eigenvalue weighted by atomic mass is 32.2. The molecular formula is C9H13NO4S. The summed E-state index contributed by atoms with van der Waals surface area (Å²) in [5.41, 5.74) is 5.35. The van der Waals surface area contributed by atoms with Gasteiger partial charge in [-0.1, -0.05) is 0 Å². The highest BCUT2D eigenvalue weighted by Crippen LogP contribution is 2.26. The van der Waals surface area contributed by atoms with Gasteiger partial charge in [0.1, 0.15) is 5.75 Å². The molecule has 15 heavy (non-hydrogen) atoms. The molecule has 0 aliphatic carbocycles. The molecule has 1 unspecified atom stereocenters. The normalized spacial score (nSPS) is 13.8. The van der Waals surface area contributed by atoms with Crippen molar-refractivity contribution in [1.29, 1.82) is 0 Å². The Balaban J connectivity index is 3.29. The van der Waals surface area contributed by atoms with Crippen LogP contribution in [0.1, 0.15) is 11.7 Å². The van der Waals surface area contributed by atoms with Crippen molar-refractivity contribution in [2.75, 3.05) is 12.8 Å². The van der Waals surface area contributed by atoms with Gasteiger partial charge in [-0.2, -0.15) is 0 Å². The molecule has 0 aliphatic heterocycles. The van der Waals surface area contributed by atoms with Crippen LogP contribution in [0.3, 0.4) is 0 Å². The summed E-state index contributed by atoms with van der Waals surface area (Å²) in [6.45, 7) is -0.0826. The van der Waals surface area contributed by atoms with Gasteiger partial charge in [0, 0.05) is 18.4 Å². The molecule has 0 aromatic heterocycles. The summed E-state index contributed by atoms with van der Waals surface area (Å²) < 4.78 is 22.4. The summed E-state index contributed by atoms with van der Waals surface area (Å²) in [6, 6.07) is 3.73. The minimum Gasteiger partial charge on any atom is -0.508 e. The van der Waals surface area contributed by atoms with Crippen LogP contribution < -0.4 is 5.73 Å². The van der Waals surface area contributed by atoms with Gasteiger partial charge in [0.05, 0.1) is 11.0 Å². The van der Waals surface area contributed by atoms with Crippen molar-refractivity contribution in [2.24, 2.45) is 5.73 Å². The monoisotopic (exact) mass is 231 g/mol. The van der Waals surface area contributed by atoms with E-state index < -0.39 is 15.9 Å². The fourth-order valence-electron chi connectivity index (χ4n) is 1.16. The summed E-state index contributed by atoms with van der Waals surface area (Å²) in [4.78, 5) is 0.0443. The Labute approximate surface area is 88.1 Å². The fourth-order valence-corrected chi connectivity index (χ4v) is 1.81. The maximum absolute atomic E-state index is 11.2. The molecule has 1 aromatic rings. The Morgan fingerprint density at radius 1 is 1.47 bits per heavy atom. The van der Waals surface area contributed by atoms with Gasteiger partial charge in [-0.15, -0.1) is 0 Å². The van der Waals surface area contributed by atoms with Crippen LogP contribution in [0.15, 0.2) is 23.1 Å². The molecule has 0 saturated carbocycles. The van der Waals surface area contributed by atoms with Crippen LogP contribution in [0, 0.1) is 0 Å². The lowest BCUT2D eigenvalue weighted by molar-refractivity contribution is 0.182. The van der Waals surface area contributed by atoms with Gasteiger partial charge in [0.15, 0.2) is 9.84 Å². The minimum absolute atomic E-state index is 0.0443. The molecule has 0 heterocycles. The topological polar surface area (TPSA) is 101 Å². The molecule has 0 saturated heterocycles. The standard InChI is InChI=1S/C9H13NO4S/c1-15(13,14)6-2-3-8(11)7(4-6)9(12)5-10/h2-4,9,11-12H,5,10H2,1H3. The van der Waals surface area contributed by atoms with E-state index in [1.807, 2.05) is 0 Å². The van der Waals surface area contributed by atoms with Gasteiger partial charge in [-0.25, -0.2) is 8.42 Å². The molecule has 1 atom stereocenters. The van der Waals surface area contributed by atoms with Gasteiger partial charge < -0.3 is 15.9 Å². The second-order valence-electron chi connectivity index (χ2n) is 3.24. The molecule has 84 valence electrons. The van der Waals surface area contributed by atoms with E-state index in [0.717, 1.165) is 6.26 Å². The first-order valence-electron chi connectivity index (χ1n) is 4.27. The summed E-state index contributed by atoms with van der Waals surface area (Å²) in [7, 11) is -3.35. The number of nitrogens with two attached hydrogens (primary N) is 1. The van der Waals surface area contributed by atoms with Crippen molar-refractivity contribution < 1.29 is 18.6 Å². The zero-order valence-electron chi connectivity index (χ0n) is 8.21. The summed E-state index contributed by atoms with van der Waals surface area (Å²) in [6.07, 6.45) is -0.00968. The third-order valence-electron chi connectivity index (χ3n) is 2.01. The number of aliphatic hydroxyl groups is 1. The smallest absolute Gasteiger partial charge is 0.175 e. The molecule has 6 heteroatoms. The Kier molecular flexibility index (Phi) is 3.33. The number of phenols is 1. The SMILES string of the molecule is CS(=O)(=O)c1ccc(O)c(C(O)CN)c1. The van der Waals surface area contributed by atoms with E-state index in [2.05, 4.69) is 0 Å². The van der Waals surface area contributed by atoms with Crippen LogP contribution in [-0.2, 0) is 9.84 Å². The third-order valence-corrected chi connectivity index (χ3v) is 3.12. The maximum atomic E-state index is 11.2. The van der Waals surface area contributed by atoms with E-state index in [4.69, 9.17) is 5.73 Å². The van der Waals surface area contributed by atoms with Crippen molar-refractivity contribution >= 4 is 9.84 Å². The van der Waals surface area contributed by atoms with Gasteiger partial charge in [-0.3, -0.25) is 0 Å². The van der Waals surface area contributed by atoms with Gasteiger partial charge >= 0.3 is 0 Å². The lowest BCUT2D eigenvalue weighted by atomic mass is 10.1. The highest BCUT2D eigenvalue weighted by molar-refractivity contribution is 7.90. The van der Waals surface area contributed by atoms with E-state index >= 15 is 0 Å². The average Bonchev–Trinajstić information content (AvgIpc) is 2.15. The minimum atomic E-state index is -3.35. The van der Waals surface area contributed by atoms with E-state index in [-0.39, 0.29) is 22.8 Å². The molecule has 1 aromatic carbocycles. The van der Waals surface area contributed by atoms with Gasteiger partial charge in [-0.05, 0) is 18.2 Å². The zero-order chi connectivity index (χ0) is 11.6. The Morgan fingerprint density at radius 2 is 2.07 bits per heavy atom. The van der Waals surface area contributed by atoms with E-state index in [9.17, 15) is 18.6 Å². The molecule has 1 rings (SSSR count). The van der Waals surface area contributed by atoms with Crippen LogP contribution in [0.5, 0.6) is 5.75 Å². The molecule has 0 bridgehead atoms. The number of sulfone groups is 1. The van der Waals surface area contributed by atoms with Crippen molar-refractivity contribution in [2.45, 2.75) is 11.0 Å². The number of aliphatic hydroxyl groups excluding tert-OH is 1. The number of phenolic OH excluding ortho intramolecular Hbond substituents is 1. The Morgan fingerprint density at radius 3 is 2.53 bits per heavy atom. The van der Waals surface area contributed by atoms with Crippen LogP contribution in [0.25, 0.3) is 0 Å². The molecule has 4 N–H and O–H groups in total. The average molecular weight is 231 g/mol. The molecule has 0 fully saturated rings. The molecule has 5 nitrogen and oxygen atoms in total. The first-order valence-corrected chi connectivity index (χ1v) is 6.16. The van der Waals surface area contributed by atoms with Crippen LogP contribution in [-0.4, -0.2) is 31.4 Å². The Bertz CT molecular complexity index is 455. The van der Waals surface area contributed by atoms with Crippen molar-refractivity contribution in [3.8, 4) is 5.75 Å². The van der Waals surface area contributed by atoms with E-state index in [1.165, 1.54) is 18.2 Å². The zero-order valence-corrected chi connectivity index (χ0v) is 9.03. The summed E-state index contributed by atoms with van der Waals surface area (Å²) in [5, 5.41) is 18.8. The fraction of sp³-hybridized carbons (Fsp3) is 0.333. The largest absolute Gasteiger partial charge is 0.508 e. The predicted octanol–water partition coefficient (Wildman–Crippen LogP) is -0.212. The first kappa shape index (κ1) is 12.0. The number of hydrogen-bond donors (Lipinski definition) is 3. The number of benzene rings is 1. The number of aromatic hydroxyl groups is 1. The lowest BCUT2D eigenvalue weighted by Gasteiger charge is -2.11. The van der Waals surface area contributed by atoms with Crippen molar-refractivity contribution in [3.05, 3.63) is 23.8 Å². The number of hydrogen-bond acceptors (Lipinski definition) is 5. The molecule has 0 radical (unpaired) electrons. The van der Waals surface area contributed by atoms with Crippen molar-refractivity contribution in [3.63, 3.8) is 0 Å². The quantitative estimate of drug-likeness (QED) is 0.668. The van der Waals surface area contributed by atoms with Gasteiger partial charge in [0.25, 0.3) is 0 Å². The highest BCUT2D eigenvalue weighted by Gasteiger charge is 2.15. The summed E-state index contributed by atoms with van der Waals surface area (Å²) >= 11 is 0. The van der Waals surface area contributed by atoms with Crippen LogP contribution in [0.2, 0.25) is 0 Å². The Hall–Kier alpha value is -1.11. The van der Waals surface area contributed by atoms with E-state index in [0.29, 0.717) is 0 Å². The molecule has 0 amide bonds. The van der Waals surface area contributed by atoms with Gasteiger partial charge in [0.2, 0.25) is 0 Å². The number of rotatable bonds is 3. The third kappa shape index (κ3) is 2.68. The van der Waals surface area contributed by atoms with Crippen LogP contribution in [0.4, 0.5) is 0 Å². The van der Waals surface area contributed by atoms with Crippen molar-refractivity contribution in [1.82, 2.24) is 0 Å².